The molecule has 5 aromatic rings. The number of nitrogens with zero attached hydrogens (tertiary/aromatic N) is 3. The van der Waals surface area contributed by atoms with Crippen LogP contribution in [0.5, 0.6) is 0 Å². The quantitative estimate of drug-likeness (QED) is 0.430. The van der Waals surface area contributed by atoms with Crippen LogP contribution >= 0.6 is 11.3 Å². The summed E-state index contributed by atoms with van der Waals surface area (Å²) in [4.78, 5) is 38.6. The molecule has 0 unspecified atom stereocenters. The van der Waals surface area contributed by atoms with Crippen molar-refractivity contribution < 1.29 is 9.21 Å². The smallest absolute Gasteiger partial charge is 0.268 e. The summed E-state index contributed by atoms with van der Waals surface area (Å²) in [5.74, 6) is 1.19. The molecule has 2 aromatic carbocycles. The van der Waals surface area contributed by atoms with Gasteiger partial charge in [0.2, 0.25) is 5.89 Å². The maximum atomic E-state index is 13.3. The number of benzene rings is 2. The molecule has 1 N–H and O–H groups in total. The van der Waals surface area contributed by atoms with Gasteiger partial charge in [0.25, 0.3) is 11.5 Å². The first-order valence-corrected chi connectivity index (χ1v) is 10.8. The number of oxazole rings is 1. The van der Waals surface area contributed by atoms with Crippen LogP contribution in [0.3, 0.4) is 0 Å². The van der Waals surface area contributed by atoms with Gasteiger partial charge < -0.3 is 14.3 Å². The summed E-state index contributed by atoms with van der Waals surface area (Å²) in [5, 5.41) is 1.82. The van der Waals surface area contributed by atoms with Gasteiger partial charge in [-0.1, -0.05) is 42.5 Å². The minimum Gasteiger partial charge on any atom is -0.436 e. The fourth-order valence-electron chi connectivity index (χ4n) is 3.49. The van der Waals surface area contributed by atoms with E-state index < -0.39 is 0 Å². The highest BCUT2D eigenvalue weighted by molar-refractivity contribution is 7.17. The monoisotopic (exact) mass is 442 g/mol. The van der Waals surface area contributed by atoms with E-state index in [1.54, 1.807) is 37.5 Å². The molecule has 158 valence electrons. The zero-order valence-electron chi connectivity index (χ0n) is 17.1. The van der Waals surface area contributed by atoms with E-state index in [-0.39, 0.29) is 18.0 Å². The third-order valence-corrected chi connectivity index (χ3v) is 5.95. The van der Waals surface area contributed by atoms with Gasteiger partial charge in [0.15, 0.2) is 5.76 Å². The van der Waals surface area contributed by atoms with Crippen molar-refractivity contribution in [1.82, 2.24) is 19.9 Å². The Morgan fingerprint density at radius 3 is 2.72 bits per heavy atom. The first-order valence-electron chi connectivity index (χ1n) is 9.92. The summed E-state index contributed by atoms with van der Waals surface area (Å²) in [5.41, 5.74) is 2.39. The number of aromatic amines is 1. The van der Waals surface area contributed by atoms with E-state index in [0.717, 1.165) is 5.56 Å². The van der Waals surface area contributed by atoms with Gasteiger partial charge in [-0.3, -0.25) is 9.59 Å². The van der Waals surface area contributed by atoms with Crippen LogP contribution in [-0.2, 0) is 6.54 Å². The molecule has 0 aliphatic carbocycles. The number of nitrogens with one attached hydrogen (secondary N) is 1. The van der Waals surface area contributed by atoms with Crippen molar-refractivity contribution in [3.63, 3.8) is 0 Å². The van der Waals surface area contributed by atoms with Crippen molar-refractivity contribution in [2.24, 2.45) is 0 Å². The van der Waals surface area contributed by atoms with Crippen molar-refractivity contribution in [2.75, 3.05) is 7.05 Å². The highest BCUT2D eigenvalue weighted by Gasteiger charge is 2.20. The number of thiophene rings is 1. The van der Waals surface area contributed by atoms with E-state index in [0.29, 0.717) is 38.8 Å². The Kier molecular flexibility index (Phi) is 5.12. The summed E-state index contributed by atoms with van der Waals surface area (Å²) >= 11 is 1.34. The molecular weight excluding hydrogens is 424 g/mol. The molecule has 5 rings (SSSR count). The molecule has 32 heavy (non-hydrogen) atoms. The van der Waals surface area contributed by atoms with E-state index in [1.807, 2.05) is 41.8 Å². The predicted molar refractivity (Wildman–Crippen MR) is 123 cm³/mol. The van der Waals surface area contributed by atoms with Gasteiger partial charge in [0.05, 0.1) is 23.8 Å². The highest BCUT2D eigenvalue weighted by atomic mass is 32.1. The minimum atomic E-state index is -0.229. The molecule has 0 radical (unpaired) electrons. The second-order valence-corrected chi connectivity index (χ2v) is 8.17. The summed E-state index contributed by atoms with van der Waals surface area (Å²) in [6.45, 7) is 0.162. The third kappa shape index (κ3) is 3.72. The molecular formula is C24H18N4O3S. The molecule has 7 nitrogen and oxygen atoms in total. The fraction of sp³-hybridized carbons (Fsp3) is 0.0833. The number of carbonyl (C=O) groups excluding carboxylic acids is 1. The second kappa shape index (κ2) is 8.24. The SMILES string of the molecule is CN(Cc1nc2ccsc2c(=O)[nH]1)C(=O)c1ccccc1-c1ncc(-c2ccccc2)o1. The van der Waals surface area contributed by atoms with Gasteiger partial charge in [-0.15, -0.1) is 11.3 Å². The molecule has 0 fully saturated rings. The van der Waals surface area contributed by atoms with E-state index >= 15 is 0 Å². The summed E-state index contributed by atoms with van der Waals surface area (Å²) in [7, 11) is 1.67. The average molecular weight is 443 g/mol. The van der Waals surface area contributed by atoms with Crippen molar-refractivity contribution in [1.29, 1.82) is 0 Å². The van der Waals surface area contributed by atoms with Gasteiger partial charge in [-0.25, -0.2) is 9.97 Å². The lowest BCUT2D eigenvalue weighted by Gasteiger charge is -2.18. The number of carbonyl (C=O) groups is 1. The van der Waals surface area contributed by atoms with E-state index in [2.05, 4.69) is 15.0 Å². The lowest BCUT2D eigenvalue weighted by Crippen LogP contribution is -2.28. The first kappa shape index (κ1) is 19.9. The van der Waals surface area contributed by atoms with Crippen LogP contribution in [0.15, 0.2) is 81.5 Å². The highest BCUT2D eigenvalue weighted by Crippen LogP contribution is 2.28. The van der Waals surface area contributed by atoms with Gasteiger partial charge in [-0.2, -0.15) is 0 Å². The number of aromatic nitrogens is 3. The second-order valence-electron chi connectivity index (χ2n) is 7.25. The number of rotatable bonds is 5. The maximum absolute atomic E-state index is 13.3. The van der Waals surface area contributed by atoms with E-state index in [4.69, 9.17) is 4.42 Å². The molecule has 0 atom stereocenters. The Hall–Kier alpha value is -4.04. The Morgan fingerprint density at radius 2 is 1.88 bits per heavy atom. The molecule has 0 aliphatic heterocycles. The van der Waals surface area contributed by atoms with Crippen molar-refractivity contribution in [3.05, 3.63) is 94.0 Å². The molecule has 8 heteroatoms. The standard InChI is InChI=1S/C24H18N4O3S/c1-28(14-20-26-18-11-12-32-21(18)22(29)27-20)24(30)17-10-6-5-9-16(17)23-25-13-19(31-23)15-7-3-2-4-8-15/h2-13H,14H2,1H3,(H,26,27,29). The number of amides is 1. The van der Waals surface area contributed by atoms with E-state index in [1.165, 1.54) is 16.2 Å². The summed E-state index contributed by atoms with van der Waals surface area (Å²) in [6, 6.07) is 18.6. The largest absolute Gasteiger partial charge is 0.436 e. The van der Waals surface area contributed by atoms with Crippen molar-refractivity contribution >= 4 is 27.5 Å². The van der Waals surface area contributed by atoms with Crippen LogP contribution in [0.2, 0.25) is 0 Å². The molecule has 0 bridgehead atoms. The van der Waals surface area contributed by atoms with Crippen molar-refractivity contribution in [2.45, 2.75) is 6.54 Å². The normalized spacial score (nSPS) is 11.0. The van der Waals surface area contributed by atoms with Crippen LogP contribution in [0.1, 0.15) is 16.2 Å². The molecule has 0 spiro atoms. The Morgan fingerprint density at radius 1 is 1.09 bits per heavy atom. The van der Waals surface area contributed by atoms with Crippen LogP contribution in [0.25, 0.3) is 33.0 Å². The number of hydrogen-bond donors (Lipinski definition) is 1. The Labute approximate surface area is 187 Å². The minimum absolute atomic E-state index is 0.162. The average Bonchev–Trinajstić information content (AvgIpc) is 3.49. The third-order valence-electron chi connectivity index (χ3n) is 5.05. The first-order chi connectivity index (χ1) is 15.6. The van der Waals surface area contributed by atoms with Crippen molar-refractivity contribution in [3.8, 4) is 22.8 Å². The maximum Gasteiger partial charge on any atom is 0.268 e. The number of H-pyrrole nitrogens is 1. The van der Waals surface area contributed by atoms with Crippen LogP contribution in [-0.4, -0.2) is 32.8 Å². The van der Waals surface area contributed by atoms with Gasteiger partial charge in [-0.05, 0) is 23.6 Å². The van der Waals surface area contributed by atoms with Gasteiger partial charge in [0.1, 0.15) is 10.5 Å². The fourth-order valence-corrected chi connectivity index (χ4v) is 4.21. The lowest BCUT2D eigenvalue weighted by molar-refractivity contribution is 0.0782. The zero-order valence-corrected chi connectivity index (χ0v) is 17.9. The predicted octanol–water partition coefficient (Wildman–Crippen LogP) is 4.58. The van der Waals surface area contributed by atoms with Crippen LogP contribution in [0.4, 0.5) is 0 Å². The topological polar surface area (TPSA) is 92.1 Å². The molecule has 0 aliphatic rings. The number of hydrogen-bond acceptors (Lipinski definition) is 6. The molecule has 3 aromatic heterocycles. The molecule has 0 saturated heterocycles. The van der Waals surface area contributed by atoms with Crippen LogP contribution < -0.4 is 5.56 Å². The lowest BCUT2D eigenvalue weighted by atomic mass is 10.1. The molecule has 1 amide bonds. The Bertz CT molecular complexity index is 1470. The number of fused-ring (bicyclic) bond motifs is 1. The zero-order chi connectivity index (χ0) is 22.1. The van der Waals surface area contributed by atoms with E-state index in [9.17, 15) is 9.59 Å². The summed E-state index contributed by atoms with van der Waals surface area (Å²) in [6.07, 6.45) is 1.65. The van der Waals surface area contributed by atoms with Gasteiger partial charge >= 0.3 is 0 Å². The summed E-state index contributed by atoms with van der Waals surface area (Å²) < 4.78 is 6.53. The Balaban J connectivity index is 1.43. The van der Waals surface area contributed by atoms with Crippen LogP contribution in [0, 0.1) is 0 Å². The molecule has 0 saturated carbocycles. The molecule has 3 heterocycles. The van der Waals surface area contributed by atoms with Gasteiger partial charge in [0, 0.05) is 18.2 Å².